The van der Waals surface area contributed by atoms with Gasteiger partial charge in [-0.3, -0.25) is 9.78 Å². The molecule has 1 atom stereocenters. The van der Waals surface area contributed by atoms with Crippen LogP contribution in [-0.4, -0.2) is 54.7 Å². The Balaban J connectivity index is 2.33. The molecule has 0 aliphatic carbocycles. The van der Waals surface area contributed by atoms with Crippen molar-refractivity contribution in [2.24, 2.45) is 0 Å². The molecule has 1 saturated heterocycles. The van der Waals surface area contributed by atoms with Crippen molar-refractivity contribution in [3.8, 4) is 0 Å². The highest BCUT2D eigenvalue weighted by Gasteiger charge is 2.38. The highest BCUT2D eigenvalue weighted by Crippen LogP contribution is 2.28. The number of amides is 1. The minimum absolute atomic E-state index is 0.0762. The number of piperazine rings is 1. The number of carbonyl (C=O) groups is 1. The molecular formula is C12H14F3N3O3S. The van der Waals surface area contributed by atoms with Gasteiger partial charge in [-0.25, -0.2) is 8.42 Å². The van der Waals surface area contributed by atoms with Crippen molar-refractivity contribution >= 4 is 15.9 Å². The van der Waals surface area contributed by atoms with E-state index in [0.717, 1.165) is 10.4 Å². The number of aromatic nitrogens is 1. The van der Waals surface area contributed by atoms with Gasteiger partial charge in [-0.2, -0.15) is 17.5 Å². The number of hydrogen-bond donors (Lipinski definition) is 0. The standard InChI is InChI=1S/C12H14F3N3O3S/c1-8-11(19)17(2)5-6-18(8)22(20,21)9-3-4-10(16-7-9)12(13,14)15/h3-4,7-8H,5-6H2,1-2H3/t8-/m0/s1. The van der Waals surface area contributed by atoms with Crippen molar-refractivity contribution in [1.82, 2.24) is 14.2 Å². The lowest BCUT2D eigenvalue weighted by Crippen LogP contribution is -2.56. The van der Waals surface area contributed by atoms with Gasteiger partial charge in [0.2, 0.25) is 15.9 Å². The zero-order valence-electron chi connectivity index (χ0n) is 11.8. The zero-order valence-corrected chi connectivity index (χ0v) is 12.6. The second-order valence-electron chi connectivity index (χ2n) is 4.93. The molecule has 1 aliphatic heterocycles. The maximum Gasteiger partial charge on any atom is 0.433 e. The molecule has 10 heteroatoms. The van der Waals surface area contributed by atoms with E-state index in [1.165, 1.54) is 11.8 Å². The normalized spacial score (nSPS) is 21.2. The van der Waals surface area contributed by atoms with Gasteiger partial charge in [0, 0.05) is 26.3 Å². The molecule has 0 spiro atoms. The molecule has 0 N–H and O–H groups in total. The van der Waals surface area contributed by atoms with E-state index in [-0.39, 0.29) is 23.9 Å². The highest BCUT2D eigenvalue weighted by molar-refractivity contribution is 7.89. The summed E-state index contributed by atoms with van der Waals surface area (Å²) in [6.45, 7) is 1.73. The molecule has 0 bridgehead atoms. The minimum Gasteiger partial charge on any atom is -0.343 e. The van der Waals surface area contributed by atoms with E-state index in [9.17, 15) is 26.4 Å². The van der Waals surface area contributed by atoms with Gasteiger partial charge >= 0.3 is 6.18 Å². The van der Waals surface area contributed by atoms with Gasteiger partial charge in [0.05, 0.1) is 0 Å². The van der Waals surface area contributed by atoms with E-state index in [4.69, 9.17) is 0 Å². The van der Waals surface area contributed by atoms with E-state index in [0.29, 0.717) is 12.3 Å². The van der Waals surface area contributed by atoms with Crippen molar-refractivity contribution in [2.45, 2.75) is 24.0 Å². The van der Waals surface area contributed by atoms with Crippen LogP contribution in [0.15, 0.2) is 23.2 Å². The Bertz CT molecular complexity index is 673. The monoisotopic (exact) mass is 337 g/mol. The van der Waals surface area contributed by atoms with Gasteiger partial charge in [0.15, 0.2) is 0 Å². The first-order valence-corrected chi connectivity index (χ1v) is 7.79. The first kappa shape index (κ1) is 16.7. The molecule has 0 radical (unpaired) electrons. The summed E-state index contributed by atoms with van der Waals surface area (Å²) < 4.78 is 63.2. The zero-order chi connectivity index (χ0) is 16.7. The van der Waals surface area contributed by atoms with Crippen molar-refractivity contribution in [3.63, 3.8) is 0 Å². The molecule has 2 heterocycles. The van der Waals surface area contributed by atoms with Crippen LogP contribution in [0, 0.1) is 0 Å². The summed E-state index contributed by atoms with van der Waals surface area (Å²) in [4.78, 5) is 16.0. The Labute approximate surface area is 125 Å². The van der Waals surface area contributed by atoms with Gasteiger partial charge in [-0.15, -0.1) is 0 Å². The Morgan fingerprint density at radius 1 is 1.27 bits per heavy atom. The van der Waals surface area contributed by atoms with E-state index in [2.05, 4.69) is 4.98 Å². The second kappa shape index (κ2) is 5.51. The van der Waals surface area contributed by atoms with Gasteiger partial charge in [0.1, 0.15) is 16.6 Å². The van der Waals surface area contributed by atoms with Crippen molar-refractivity contribution in [2.75, 3.05) is 20.1 Å². The number of halogens is 3. The number of likely N-dealkylation sites (N-methyl/N-ethyl adjacent to an activating group) is 1. The van der Waals surface area contributed by atoms with Crippen LogP contribution in [0.4, 0.5) is 13.2 Å². The van der Waals surface area contributed by atoms with E-state index in [1.54, 1.807) is 7.05 Å². The first-order valence-electron chi connectivity index (χ1n) is 6.35. The van der Waals surface area contributed by atoms with Crippen LogP contribution in [0.2, 0.25) is 0 Å². The van der Waals surface area contributed by atoms with Gasteiger partial charge in [-0.05, 0) is 19.1 Å². The Hall–Kier alpha value is -1.68. The molecule has 0 saturated carbocycles. The molecule has 1 aromatic rings. The van der Waals surface area contributed by atoms with Crippen LogP contribution in [0.25, 0.3) is 0 Å². The molecule has 0 unspecified atom stereocenters. The number of pyridine rings is 1. The molecule has 2 rings (SSSR count). The Kier molecular flexibility index (Phi) is 4.18. The predicted molar refractivity (Wildman–Crippen MR) is 70.2 cm³/mol. The number of sulfonamides is 1. The average molecular weight is 337 g/mol. The van der Waals surface area contributed by atoms with Crippen LogP contribution < -0.4 is 0 Å². The lowest BCUT2D eigenvalue weighted by atomic mass is 10.2. The number of nitrogens with zero attached hydrogens (tertiary/aromatic N) is 3. The highest BCUT2D eigenvalue weighted by atomic mass is 32.2. The summed E-state index contributed by atoms with van der Waals surface area (Å²) in [6.07, 6.45) is -3.98. The van der Waals surface area contributed by atoms with Gasteiger partial charge < -0.3 is 4.90 Å². The minimum atomic E-state index is -4.64. The topological polar surface area (TPSA) is 70.6 Å². The van der Waals surface area contributed by atoms with E-state index in [1.807, 2.05) is 0 Å². The van der Waals surface area contributed by atoms with Crippen LogP contribution in [0.3, 0.4) is 0 Å². The lowest BCUT2D eigenvalue weighted by molar-refractivity contribution is -0.141. The average Bonchev–Trinajstić information content (AvgIpc) is 2.44. The SMILES string of the molecule is C[C@H]1C(=O)N(C)CCN1S(=O)(=O)c1ccc(C(F)(F)F)nc1. The summed E-state index contributed by atoms with van der Waals surface area (Å²) in [5, 5.41) is 0. The third-order valence-electron chi connectivity index (χ3n) is 3.45. The number of hydrogen-bond acceptors (Lipinski definition) is 4. The van der Waals surface area contributed by atoms with Crippen molar-refractivity contribution in [1.29, 1.82) is 0 Å². The third-order valence-corrected chi connectivity index (χ3v) is 5.41. The number of alkyl halides is 3. The van der Waals surface area contributed by atoms with Crippen LogP contribution in [0.5, 0.6) is 0 Å². The van der Waals surface area contributed by atoms with Crippen LogP contribution in [-0.2, 0) is 21.0 Å². The fourth-order valence-corrected chi connectivity index (χ4v) is 3.68. The van der Waals surface area contributed by atoms with Gasteiger partial charge in [0.25, 0.3) is 0 Å². The Morgan fingerprint density at radius 3 is 2.41 bits per heavy atom. The second-order valence-corrected chi connectivity index (χ2v) is 6.82. The fraction of sp³-hybridized carbons (Fsp3) is 0.500. The summed E-state index contributed by atoms with van der Waals surface area (Å²) in [5.74, 6) is -0.366. The van der Waals surface area contributed by atoms with Gasteiger partial charge in [-0.1, -0.05) is 0 Å². The molecule has 1 fully saturated rings. The smallest absolute Gasteiger partial charge is 0.343 e. The predicted octanol–water partition coefficient (Wildman–Crippen LogP) is 0.952. The summed E-state index contributed by atoms with van der Waals surface area (Å²) in [6, 6.07) is 0.543. The molecule has 1 aromatic heterocycles. The quantitative estimate of drug-likeness (QED) is 0.806. The molecule has 6 nitrogen and oxygen atoms in total. The summed E-state index contributed by atoms with van der Waals surface area (Å²) in [7, 11) is -2.52. The third kappa shape index (κ3) is 2.93. The first-order chi connectivity index (χ1) is 10.0. The molecule has 1 aliphatic rings. The maximum atomic E-state index is 12.5. The lowest BCUT2D eigenvalue weighted by Gasteiger charge is -2.36. The summed E-state index contributed by atoms with van der Waals surface area (Å²) in [5.41, 5.74) is -1.17. The van der Waals surface area contributed by atoms with Crippen LogP contribution >= 0.6 is 0 Å². The fourth-order valence-electron chi connectivity index (χ4n) is 2.16. The molecule has 122 valence electrons. The molecule has 1 amide bonds. The van der Waals surface area contributed by atoms with Crippen LogP contribution in [0.1, 0.15) is 12.6 Å². The van der Waals surface area contributed by atoms with Crippen molar-refractivity contribution in [3.05, 3.63) is 24.0 Å². The van der Waals surface area contributed by atoms with Crippen molar-refractivity contribution < 1.29 is 26.4 Å². The number of carbonyl (C=O) groups excluding carboxylic acids is 1. The molecular weight excluding hydrogens is 323 g/mol. The number of rotatable bonds is 2. The molecule has 0 aromatic carbocycles. The Morgan fingerprint density at radius 2 is 1.91 bits per heavy atom. The van der Waals surface area contributed by atoms with E-state index >= 15 is 0 Å². The van der Waals surface area contributed by atoms with E-state index < -0.39 is 27.9 Å². The molecule has 22 heavy (non-hydrogen) atoms. The maximum absolute atomic E-state index is 12.5. The summed E-state index contributed by atoms with van der Waals surface area (Å²) >= 11 is 0. The largest absolute Gasteiger partial charge is 0.433 e.